The maximum Gasteiger partial charge on any atom is 0.191 e. The molecule has 148 valence electrons. The normalized spacial score (nSPS) is 16.1. The molecule has 0 fully saturated rings. The number of methoxy groups -OCH3 is 1. The van der Waals surface area contributed by atoms with E-state index in [0.717, 1.165) is 40.4 Å². The molecular formula is C22H27N3O2S. The van der Waals surface area contributed by atoms with E-state index in [1.165, 1.54) is 5.56 Å². The number of hydrogen-bond donors (Lipinski definition) is 2. The first kappa shape index (κ1) is 20.1. The SMILES string of the molecule is CCc1cccc(C)c1NC(=S)NN=C1CC(C)(C)Oc2ccc(OC)cc21. The van der Waals surface area contributed by atoms with Crippen molar-refractivity contribution in [2.75, 3.05) is 12.4 Å². The zero-order valence-corrected chi connectivity index (χ0v) is 17.9. The molecule has 0 radical (unpaired) electrons. The lowest BCUT2D eigenvalue weighted by atomic mass is 9.92. The van der Waals surface area contributed by atoms with Crippen LogP contribution < -0.4 is 20.2 Å². The Labute approximate surface area is 172 Å². The van der Waals surface area contributed by atoms with E-state index in [4.69, 9.17) is 21.7 Å². The van der Waals surface area contributed by atoms with E-state index in [1.54, 1.807) is 7.11 Å². The molecular weight excluding hydrogens is 370 g/mol. The van der Waals surface area contributed by atoms with Gasteiger partial charge in [-0.1, -0.05) is 25.1 Å². The summed E-state index contributed by atoms with van der Waals surface area (Å²) in [4.78, 5) is 0. The largest absolute Gasteiger partial charge is 0.497 e. The molecule has 0 saturated heterocycles. The van der Waals surface area contributed by atoms with Gasteiger partial charge in [-0.2, -0.15) is 5.10 Å². The van der Waals surface area contributed by atoms with Crippen LogP contribution >= 0.6 is 12.2 Å². The minimum Gasteiger partial charge on any atom is -0.497 e. The number of hydrazone groups is 1. The minimum atomic E-state index is -0.345. The summed E-state index contributed by atoms with van der Waals surface area (Å²) < 4.78 is 11.4. The lowest BCUT2D eigenvalue weighted by molar-refractivity contribution is 0.111. The topological polar surface area (TPSA) is 54.9 Å². The van der Waals surface area contributed by atoms with E-state index in [1.807, 2.05) is 32.0 Å². The molecule has 0 bridgehead atoms. The molecule has 2 aromatic carbocycles. The van der Waals surface area contributed by atoms with Gasteiger partial charge in [-0.15, -0.1) is 0 Å². The molecule has 6 heteroatoms. The number of hydrogen-bond acceptors (Lipinski definition) is 4. The number of nitrogens with one attached hydrogen (secondary N) is 2. The summed E-state index contributed by atoms with van der Waals surface area (Å²) >= 11 is 5.49. The summed E-state index contributed by atoms with van der Waals surface area (Å²) in [5.41, 5.74) is 7.87. The van der Waals surface area contributed by atoms with Crippen LogP contribution in [0.1, 0.15) is 43.9 Å². The van der Waals surface area contributed by atoms with Gasteiger partial charge in [0.25, 0.3) is 0 Å². The summed E-state index contributed by atoms with van der Waals surface area (Å²) in [5, 5.41) is 8.36. The molecule has 0 saturated carbocycles. The molecule has 28 heavy (non-hydrogen) atoms. The van der Waals surface area contributed by atoms with Crippen molar-refractivity contribution in [1.82, 2.24) is 5.43 Å². The van der Waals surface area contributed by atoms with Crippen LogP contribution in [0.4, 0.5) is 5.69 Å². The average molecular weight is 398 g/mol. The van der Waals surface area contributed by atoms with Crippen molar-refractivity contribution in [3.63, 3.8) is 0 Å². The maximum atomic E-state index is 6.08. The van der Waals surface area contributed by atoms with Crippen LogP contribution in [0.15, 0.2) is 41.5 Å². The fraction of sp³-hybridized carbons (Fsp3) is 0.364. The summed E-state index contributed by atoms with van der Waals surface area (Å²) in [6.45, 7) is 8.30. The zero-order chi connectivity index (χ0) is 20.3. The number of nitrogens with zero attached hydrogens (tertiary/aromatic N) is 1. The van der Waals surface area contributed by atoms with E-state index in [2.05, 4.69) is 47.9 Å². The second kappa shape index (κ2) is 8.19. The van der Waals surface area contributed by atoms with Crippen molar-refractivity contribution in [3.05, 3.63) is 53.1 Å². The highest BCUT2D eigenvalue weighted by Crippen LogP contribution is 2.35. The molecule has 1 aliphatic rings. The molecule has 0 spiro atoms. The van der Waals surface area contributed by atoms with Crippen molar-refractivity contribution < 1.29 is 9.47 Å². The predicted molar refractivity (Wildman–Crippen MR) is 119 cm³/mol. The summed E-state index contributed by atoms with van der Waals surface area (Å²) in [5.74, 6) is 1.56. The summed E-state index contributed by atoms with van der Waals surface area (Å²) in [6, 6.07) is 12.0. The van der Waals surface area contributed by atoms with Crippen LogP contribution in [0.25, 0.3) is 0 Å². The highest BCUT2D eigenvalue weighted by atomic mass is 32.1. The van der Waals surface area contributed by atoms with E-state index in [-0.39, 0.29) is 5.60 Å². The lowest BCUT2D eigenvalue weighted by Crippen LogP contribution is -2.37. The van der Waals surface area contributed by atoms with Gasteiger partial charge in [-0.05, 0) is 68.7 Å². The quantitative estimate of drug-likeness (QED) is 0.572. The molecule has 5 nitrogen and oxygen atoms in total. The Bertz CT molecular complexity index is 922. The van der Waals surface area contributed by atoms with Gasteiger partial charge in [0, 0.05) is 17.7 Å². The lowest BCUT2D eigenvalue weighted by Gasteiger charge is -2.33. The Balaban J connectivity index is 1.83. The van der Waals surface area contributed by atoms with Gasteiger partial charge in [0.05, 0.1) is 12.8 Å². The average Bonchev–Trinajstić information content (AvgIpc) is 2.66. The number of ether oxygens (including phenoxy) is 2. The Morgan fingerprint density at radius 3 is 2.79 bits per heavy atom. The van der Waals surface area contributed by atoms with Crippen molar-refractivity contribution in [2.45, 2.75) is 46.1 Å². The van der Waals surface area contributed by atoms with Crippen molar-refractivity contribution in [3.8, 4) is 11.5 Å². The van der Waals surface area contributed by atoms with E-state index >= 15 is 0 Å². The number of para-hydroxylation sites is 1. The van der Waals surface area contributed by atoms with Gasteiger partial charge in [-0.3, -0.25) is 5.43 Å². The number of anilines is 1. The number of benzene rings is 2. The second-order valence-corrected chi connectivity index (χ2v) is 7.90. The molecule has 3 rings (SSSR count). The third kappa shape index (κ3) is 4.44. The first-order valence-electron chi connectivity index (χ1n) is 9.42. The van der Waals surface area contributed by atoms with Crippen molar-refractivity contribution in [2.24, 2.45) is 5.10 Å². The molecule has 0 atom stereocenters. The molecule has 2 aromatic rings. The Kier molecular flexibility index (Phi) is 5.89. The number of aryl methyl sites for hydroxylation is 2. The van der Waals surface area contributed by atoms with Crippen LogP contribution in [-0.2, 0) is 6.42 Å². The monoisotopic (exact) mass is 397 g/mol. The first-order chi connectivity index (χ1) is 13.3. The first-order valence-corrected chi connectivity index (χ1v) is 9.83. The van der Waals surface area contributed by atoms with Crippen molar-refractivity contribution in [1.29, 1.82) is 0 Å². The van der Waals surface area contributed by atoms with Gasteiger partial charge in [0.15, 0.2) is 5.11 Å². The maximum absolute atomic E-state index is 6.08. The van der Waals surface area contributed by atoms with Crippen LogP contribution in [0.3, 0.4) is 0 Å². The predicted octanol–water partition coefficient (Wildman–Crippen LogP) is 4.82. The van der Waals surface area contributed by atoms with Gasteiger partial charge < -0.3 is 14.8 Å². The van der Waals surface area contributed by atoms with Gasteiger partial charge in [0.2, 0.25) is 0 Å². The smallest absolute Gasteiger partial charge is 0.191 e. The van der Waals surface area contributed by atoms with Crippen LogP contribution in [-0.4, -0.2) is 23.5 Å². The van der Waals surface area contributed by atoms with Gasteiger partial charge in [-0.25, -0.2) is 0 Å². The Hall–Kier alpha value is -2.60. The van der Waals surface area contributed by atoms with Crippen LogP contribution in [0.2, 0.25) is 0 Å². The standard InChI is InChI=1S/C22H27N3O2S/c1-6-15-9-7-8-14(2)20(15)23-21(28)25-24-18-13-22(3,4)27-19-11-10-16(26-5)12-17(18)19/h7-12H,6,13H2,1-5H3,(H2,23,25,28). The van der Waals surface area contributed by atoms with Gasteiger partial charge >= 0.3 is 0 Å². The van der Waals surface area contributed by atoms with E-state index < -0.39 is 0 Å². The fourth-order valence-corrected chi connectivity index (χ4v) is 3.49. The summed E-state index contributed by atoms with van der Waals surface area (Å²) in [7, 11) is 1.65. The number of fused-ring (bicyclic) bond motifs is 1. The Morgan fingerprint density at radius 1 is 1.29 bits per heavy atom. The van der Waals surface area contributed by atoms with Gasteiger partial charge in [0.1, 0.15) is 17.1 Å². The molecule has 2 N–H and O–H groups in total. The second-order valence-electron chi connectivity index (χ2n) is 7.49. The number of thiocarbonyl (C=S) groups is 1. The Morgan fingerprint density at radius 2 is 2.07 bits per heavy atom. The van der Waals surface area contributed by atoms with Crippen LogP contribution in [0.5, 0.6) is 11.5 Å². The number of rotatable bonds is 4. The third-order valence-electron chi connectivity index (χ3n) is 4.75. The molecule has 1 aliphatic heterocycles. The molecule has 0 aromatic heterocycles. The fourth-order valence-electron chi connectivity index (χ4n) is 3.34. The molecule has 0 amide bonds. The van der Waals surface area contributed by atoms with Crippen LogP contribution in [0, 0.1) is 6.92 Å². The molecule has 0 unspecified atom stereocenters. The zero-order valence-electron chi connectivity index (χ0n) is 17.1. The highest BCUT2D eigenvalue weighted by Gasteiger charge is 2.31. The summed E-state index contributed by atoms with van der Waals surface area (Å²) in [6.07, 6.45) is 1.59. The minimum absolute atomic E-state index is 0.345. The van der Waals surface area contributed by atoms with E-state index in [0.29, 0.717) is 11.5 Å². The molecule has 1 heterocycles. The highest BCUT2D eigenvalue weighted by molar-refractivity contribution is 7.80. The molecule has 0 aliphatic carbocycles. The van der Waals surface area contributed by atoms with E-state index in [9.17, 15) is 0 Å². The third-order valence-corrected chi connectivity index (χ3v) is 4.94. The van der Waals surface area contributed by atoms with Crippen molar-refractivity contribution >= 4 is 28.7 Å².